The molecule has 1 amide bonds. The molecule has 22 heavy (non-hydrogen) atoms. The van der Waals surface area contributed by atoms with Crippen molar-refractivity contribution in [2.45, 2.75) is 51.6 Å². The van der Waals surface area contributed by atoms with Crippen LogP contribution in [-0.4, -0.2) is 25.9 Å². The van der Waals surface area contributed by atoms with Crippen LogP contribution in [0.4, 0.5) is 0 Å². The Labute approximate surface area is 133 Å². The summed E-state index contributed by atoms with van der Waals surface area (Å²) in [6.45, 7) is 4.44. The molecule has 0 saturated heterocycles. The van der Waals surface area contributed by atoms with E-state index in [-0.39, 0.29) is 17.3 Å². The third kappa shape index (κ3) is 2.96. The van der Waals surface area contributed by atoms with Gasteiger partial charge >= 0.3 is 0 Å². The predicted molar refractivity (Wildman–Crippen MR) is 82.1 cm³/mol. The summed E-state index contributed by atoms with van der Waals surface area (Å²) in [5.74, 6) is 0.660. The van der Waals surface area contributed by atoms with Crippen LogP contribution in [0.25, 0.3) is 0 Å². The van der Waals surface area contributed by atoms with E-state index in [0.29, 0.717) is 23.4 Å². The molecule has 0 spiro atoms. The predicted octanol–water partition coefficient (Wildman–Crippen LogP) is 2.71. The summed E-state index contributed by atoms with van der Waals surface area (Å²) in [5, 5.41) is 13.6. The highest BCUT2D eigenvalue weighted by Crippen LogP contribution is 2.42. The number of nitrogens with zero attached hydrogens (tertiary/aromatic N) is 3. The number of aromatic amines is 1. The van der Waals surface area contributed by atoms with Crippen molar-refractivity contribution in [2.24, 2.45) is 0 Å². The van der Waals surface area contributed by atoms with Crippen LogP contribution in [-0.2, 0) is 6.54 Å². The molecule has 0 unspecified atom stereocenters. The third-order valence-electron chi connectivity index (χ3n) is 3.93. The molecule has 0 aromatic carbocycles. The van der Waals surface area contributed by atoms with E-state index in [0.717, 1.165) is 25.0 Å². The van der Waals surface area contributed by atoms with Gasteiger partial charge in [-0.3, -0.25) is 9.48 Å². The summed E-state index contributed by atoms with van der Waals surface area (Å²) in [4.78, 5) is 12.6. The van der Waals surface area contributed by atoms with E-state index in [2.05, 4.69) is 34.5 Å². The summed E-state index contributed by atoms with van der Waals surface area (Å²) in [6, 6.07) is 0.293. The molecule has 0 aliphatic heterocycles. The van der Waals surface area contributed by atoms with Gasteiger partial charge in [-0.2, -0.15) is 5.10 Å². The maximum atomic E-state index is 12.4. The number of amides is 1. The minimum atomic E-state index is -0.152. The van der Waals surface area contributed by atoms with Gasteiger partial charge in [0, 0.05) is 12.0 Å². The molecule has 1 aliphatic rings. The van der Waals surface area contributed by atoms with Crippen LogP contribution >= 0.6 is 12.2 Å². The summed E-state index contributed by atoms with van der Waals surface area (Å²) >= 11 is 4.80. The highest BCUT2D eigenvalue weighted by atomic mass is 32.1. The van der Waals surface area contributed by atoms with Gasteiger partial charge in [-0.05, 0) is 38.4 Å². The molecule has 2 aromatic rings. The molecule has 1 saturated carbocycles. The van der Waals surface area contributed by atoms with E-state index in [1.807, 2.05) is 4.68 Å². The van der Waals surface area contributed by atoms with Gasteiger partial charge in [0.1, 0.15) is 0 Å². The van der Waals surface area contributed by atoms with Crippen molar-refractivity contribution < 1.29 is 9.21 Å². The maximum absolute atomic E-state index is 12.4. The summed E-state index contributed by atoms with van der Waals surface area (Å²) in [7, 11) is 0. The number of nitrogens with one attached hydrogen (secondary N) is 2. The first-order chi connectivity index (χ1) is 10.6. The van der Waals surface area contributed by atoms with E-state index in [9.17, 15) is 4.79 Å². The van der Waals surface area contributed by atoms with Crippen LogP contribution in [0.5, 0.6) is 0 Å². The summed E-state index contributed by atoms with van der Waals surface area (Å²) in [5.41, 5.74) is 1.70. The SMILES string of the molecule is CC[C@@H](C)n1ncc(C(=O)NCc2n[nH]c(=S)o2)c1C1CC1. The largest absolute Gasteiger partial charge is 0.412 e. The minimum absolute atomic E-state index is 0.152. The Morgan fingerprint density at radius 2 is 2.41 bits per heavy atom. The molecule has 3 rings (SSSR count). The second kappa shape index (κ2) is 6.04. The fraction of sp³-hybridized carbons (Fsp3) is 0.571. The zero-order chi connectivity index (χ0) is 15.7. The number of carbonyl (C=O) groups is 1. The molecule has 118 valence electrons. The van der Waals surface area contributed by atoms with E-state index in [1.54, 1.807) is 6.20 Å². The van der Waals surface area contributed by atoms with Gasteiger partial charge in [0.05, 0.1) is 24.0 Å². The fourth-order valence-electron chi connectivity index (χ4n) is 2.42. The van der Waals surface area contributed by atoms with E-state index in [1.165, 1.54) is 0 Å². The second-order valence-corrected chi connectivity index (χ2v) is 5.98. The zero-order valence-corrected chi connectivity index (χ0v) is 13.4. The van der Waals surface area contributed by atoms with Crippen molar-refractivity contribution in [3.8, 4) is 0 Å². The lowest BCUT2D eigenvalue weighted by molar-refractivity contribution is 0.0946. The van der Waals surface area contributed by atoms with Gasteiger partial charge in [-0.15, -0.1) is 5.10 Å². The van der Waals surface area contributed by atoms with Gasteiger partial charge in [0.25, 0.3) is 10.7 Å². The highest BCUT2D eigenvalue weighted by molar-refractivity contribution is 7.71. The van der Waals surface area contributed by atoms with Gasteiger partial charge in [0.15, 0.2) is 0 Å². The highest BCUT2D eigenvalue weighted by Gasteiger charge is 2.33. The van der Waals surface area contributed by atoms with Crippen LogP contribution in [0.3, 0.4) is 0 Å². The Morgan fingerprint density at radius 1 is 1.64 bits per heavy atom. The van der Waals surface area contributed by atoms with Crippen molar-refractivity contribution in [3.05, 3.63) is 28.2 Å². The lowest BCUT2D eigenvalue weighted by atomic mass is 10.1. The van der Waals surface area contributed by atoms with Gasteiger partial charge < -0.3 is 9.73 Å². The average Bonchev–Trinajstić information content (AvgIpc) is 3.12. The normalized spacial score (nSPS) is 15.7. The average molecular weight is 321 g/mol. The van der Waals surface area contributed by atoms with Crippen LogP contribution < -0.4 is 5.32 Å². The fourth-order valence-corrected chi connectivity index (χ4v) is 2.56. The van der Waals surface area contributed by atoms with Crippen molar-refractivity contribution in [2.75, 3.05) is 0 Å². The zero-order valence-electron chi connectivity index (χ0n) is 12.6. The number of H-pyrrole nitrogens is 1. The molecule has 2 N–H and O–H groups in total. The molecular formula is C14H19N5O2S. The molecule has 1 aliphatic carbocycles. The standard InChI is InChI=1S/C14H19N5O2S/c1-3-8(2)19-12(9-4-5-9)10(6-16-19)13(20)15-7-11-17-18-14(22)21-11/h6,8-9H,3-5,7H2,1-2H3,(H,15,20)(H,18,22)/t8-/m1/s1. The van der Waals surface area contributed by atoms with Gasteiger partial charge in [-0.25, -0.2) is 5.10 Å². The molecule has 0 bridgehead atoms. The number of hydrogen-bond acceptors (Lipinski definition) is 5. The first kappa shape index (κ1) is 15.0. The van der Waals surface area contributed by atoms with Crippen LogP contribution in [0, 0.1) is 4.84 Å². The number of rotatable bonds is 6. The number of hydrogen-bond donors (Lipinski definition) is 2. The Hall–Kier alpha value is -1.96. The third-order valence-corrected chi connectivity index (χ3v) is 4.11. The topological polar surface area (TPSA) is 88.7 Å². The Kier molecular flexibility index (Phi) is 4.10. The molecular weight excluding hydrogens is 302 g/mol. The Bertz CT molecular complexity index is 728. The van der Waals surface area contributed by atoms with Gasteiger partial charge in [-0.1, -0.05) is 6.92 Å². The lowest BCUT2D eigenvalue weighted by Crippen LogP contribution is -2.24. The smallest absolute Gasteiger partial charge is 0.284 e. The van der Waals surface area contributed by atoms with Crippen molar-refractivity contribution >= 4 is 18.1 Å². The van der Waals surface area contributed by atoms with Crippen molar-refractivity contribution in [1.82, 2.24) is 25.3 Å². The van der Waals surface area contributed by atoms with Crippen LogP contribution in [0.2, 0.25) is 0 Å². The Balaban J connectivity index is 1.77. The number of aromatic nitrogens is 4. The first-order valence-electron chi connectivity index (χ1n) is 7.50. The van der Waals surface area contributed by atoms with E-state index < -0.39 is 0 Å². The number of carbonyl (C=O) groups excluding carboxylic acids is 1. The van der Waals surface area contributed by atoms with E-state index in [4.69, 9.17) is 16.6 Å². The van der Waals surface area contributed by atoms with Gasteiger partial charge in [0.2, 0.25) is 5.89 Å². The summed E-state index contributed by atoms with van der Waals surface area (Å²) < 4.78 is 7.13. The monoisotopic (exact) mass is 321 g/mol. The molecule has 0 radical (unpaired) electrons. The molecule has 2 heterocycles. The molecule has 2 aromatic heterocycles. The van der Waals surface area contributed by atoms with Crippen molar-refractivity contribution in [3.63, 3.8) is 0 Å². The van der Waals surface area contributed by atoms with Crippen LogP contribution in [0.1, 0.15) is 67.0 Å². The molecule has 1 fully saturated rings. The second-order valence-electron chi connectivity index (χ2n) is 5.61. The van der Waals surface area contributed by atoms with Crippen molar-refractivity contribution in [1.29, 1.82) is 0 Å². The molecule has 7 nitrogen and oxygen atoms in total. The first-order valence-corrected chi connectivity index (χ1v) is 7.91. The van der Waals surface area contributed by atoms with Crippen LogP contribution in [0.15, 0.2) is 10.6 Å². The quantitative estimate of drug-likeness (QED) is 0.799. The molecule has 8 heteroatoms. The minimum Gasteiger partial charge on any atom is -0.412 e. The molecule has 1 atom stereocenters. The van der Waals surface area contributed by atoms with E-state index >= 15 is 0 Å². The maximum Gasteiger partial charge on any atom is 0.284 e. The lowest BCUT2D eigenvalue weighted by Gasteiger charge is -2.14. The summed E-state index contributed by atoms with van der Waals surface area (Å²) in [6.07, 6.45) is 4.89. The Morgan fingerprint density at radius 3 is 3.00 bits per heavy atom.